The zero-order chi connectivity index (χ0) is 14.3. The summed E-state index contributed by atoms with van der Waals surface area (Å²) in [5.41, 5.74) is 5.03. The fourth-order valence-corrected chi connectivity index (χ4v) is 1.35. The molecule has 1 heterocycles. The minimum absolute atomic E-state index is 0.0146. The summed E-state index contributed by atoms with van der Waals surface area (Å²) < 4.78 is 0. The fraction of sp³-hybridized carbons (Fsp3) is 0.500. The number of hydrogen-bond donors (Lipinski definition) is 3. The number of nitrogens with one attached hydrogen (secondary N) is 2. The maximum absolute atomic E-state index is 11.3. The maximum Gasteiger partial charge on any atom is 0.352 e. The van der Waals surface area contributed by atoms with Crippen LogP contribution in [-0.2, 0) is 4.79 Å². The highest BCUT2D eigenvalue weighted by molar-refractivity contribution is 5.76. The van der Waals surface area contributed by atoms with Gasteiger partial charge in [-0.3, -0.25) is 14.9 Å². The number of nitrogens with two attached hydrogens (primary N) is 1. The number of nitrogens with zero attached hydrogens (tertiary/aromatic N) is 3. The molecule has 1 aromatic heterocycles. The number of carbonyl (C=O) groups is 1. The molecule has 1 amide bonds. The van der Waals surface area contributed by atoms with Gasteiger partial charge in [-0.25, -0.2) is 9.97 Å². The fourth-order valence-electron chi connectivity index (χ4n) is 1.35. The second kappa shape index (κ2) is 7.09. The lowest BCUT2D eigenvalue weighted by molar-refractivity contribution is -0.383. The molecule has 0 saturated carbocycles. The van der Waals surface area contributed by atoms with E-state index < -0.39 is 4.92 Å². The Balaban J connectivity index is 2.56. The van der Waals surface area contributed by atoms with Crippen molar-refractivity contribution < 1.29 is 9.72 Å². The van der Waals surface area contributed by atoms with Crippen molar-refractivity contribution in [3.05, 3.63) is 16.4 Å². The molecule has 9 nitrogen and oxygen atoms in total. The van der Waals surface area contributed by atoms with Gasteiger partial charge in [0.05, 0.1) is 4.92 Å². The molecule has 0 bridgehead atoms. The predicted octanol–water partition coefficient (Wildman–Crippen LogP) is 0.295. The minimum Gasteiger partial charge on any atom is -0.378 e. The highest BCUT2D eigenvalue weighted by atomic mass is 16.6. The van der Waals surface area contributed by atoms with E-state index in [0.717, 1.165) is 12.7 Å². The van der Waals surface area contributed by atoms with Crippen LogP contribution in [0.3, 0.4) is 0 Å². The Kier molecular flexibility index (Phi) is 5.45. The molecule has 1 rings (SSSR count). The van der Waals surface area contributed by atoms with Gasteiger partial charge in [0, 0.05) is 19.5 Å². The van der Waals surface area contributed by atoms with Gasteiger partial charge in [0.25, 0.3) is 0 Å². The summed E-state index contributed by atoms with van der Waals surface area (Å²) in [6.45, 7) is 2.79. The van der Waals surface area contributed by atoms with E-state index in [4.69, 9.17) is 5.73 Å². The van der Waals surface area contributed by atoms with E-state index in [2.05, 4.69) is 20.6 Å². The molecular formula is C10H16N6O3. The van der Waals surface area contributed by atoms with E-state index in [9.17, 15) is 14.9 Å². The van der Waals surface area contributed by atoms with Crippen molar-refractivity contribution in [3.63, 3.8) is 0 Å². The lowest BCUT2D eigenvalue weighted by Crippen LogP contribution is -2.26. The molecule has 0 aliphatic rings. The molecule has 0 aromatic carbocycles. The third kappa shape index (κ3) is 4.37. The summed E-state index contributed by atoms with van der Waals surface area (Å²) in [6.07, 6.45) is 2.18. The minimum atomic E-state index is -0.658. The number of carbonyl (C=O) groups excluding carboxylic acids is 1. The van der Waals surface area contributed by atoms with Crippen molar-refractivity contribution in [1.29, 1.82) is 0 Å². The molecule has 1 aromatic rings. The van der Waals surface area contributed by atoms with E-state index >= 15 is 0 Å². The molecule has 0 aliphatic carbocycles. The summed E-state index contributed by atoms with van der Waals surface area (Å²) in [5.74, 6) is -0.322. The number of nitro groups is 1. The van der Waals surface area contributed by atoms with Crippen LogP contribution in [0.2, 0.25) is 0 Å². The van der Waals surface area contributed by atoms with Gasteiger partial charge in [-0.1, -0.05) is 6.92 Å². The number of amides is 1. The van der Waals surface area contributed by atoms with Crippen LogP contribution in [0.1, 0.15) is 19.8 Å². The number of anilines is 2. The van der Waals surface area contributed by atoms with Gasteiger partial charge in [-0.2, -0.15) is 0 Å². The maximum atomic E-state index is 11.3. The van der Waals surface area contributed by atoms with Crippen molar-refractivity contribution in [1.82, 2.24) is 15.3 Å². The van der Waals surface area contributed by atoms with E-state index in [1.54, 1.807) is 0 Å². The quantitative estimate of drug-likeness (QED) is 0.477. The number of aromatic nitrogens is 2. The van der Waals surface area contributed by atoms with E-state index in [1.165, 1.54) is 0 Å². The number of hydrogen-bond acceptors (Lipinski definition) is 7. The number of nitrogen functional groups attached to an aromatic ring is 1. The Morgan fingerprint density at radius 3 is 2.84 bits per heavy atom. The van der Waals surface area contributed by atoms with Gasteiger partial charge >= 0.3 is 5.69 Å². The zero-order valence-corrected chi connectivity index (χ0v) is 10.5. The molecule has 0 saturated heterocycles. The van der Waals surface area contributed by atoms with Crippen molar-refractivity contribution in [2.24, 2.45) is 0 Å². The monoisotopic (exact) mass is 268 g/mol. The lowest BCUT2D eigenvalue weighted by Gasteiger charge is -2.07. The first-order valence-corrected chi connectivity index (χ1v) is 5.81. The highest BCUT2D eigenvalue weighted by Crippen LogP contribution is 2.25. The van der Waals surface area contributed by atoms with Crippen molar-refractivity contribution in [2.75, 3.05) is 24.1 Å². The van der Waals surface area contributed by atoms with Crippen LogP contribution in [0.15, 0.2) is 6.33 Å². The first-order chi connectivity index (χ1) is 9.06. The Morgan fingerprint density at radius 2 is 2.21 bits per heavy atom. The third-order valence-corrected chi connectivity index (χ3v) is 2.25. The molecule has 9 heteroatoms. The zero-order valence-electron chi connectivity index (χ0n) is 10.5. The average Bonchev–Trinajstić information content (AvgIpc) is 2.36. The van der Waals surface area contributed by atoms with Crippen LogP contribution in [0.4, 0.5) is 17.3 Å². The summed E-state index contributed by atoms with van der Waals surface area (Å²) in [7, 11) is 0. The van der Waals surface area contributed by atoms with Crippen LogP contribution < -0.4 is 16.4 Å². The Morgan fingerprint density at radius 1 is 1.47 bits per heavy atom. The van der Waals surface area contributed by atoms with E-state index in [0.29, 0.717) is 6.54 Å². The molecule has 0 radical (unpaired) electrons. The molecule has 104 valence electrons. The first-order valence-electron chi connectivity index (χ1n) is 5.81. The third-order valence-electron chi connectivity index (χ3n) is 2.25. The average molecular weight is 268 g/mol. The molecule has 0 fully saturated rings. The molecule has 0 unspecified atom stereocenters. The molecule has 0 atom stereocenters. The smallest absolute Gasteiger partial charge is 0.352 e. The van der Waals surface area contributed by atoms with Crippen molar-refractivity contribution in [2.45, 2.75) is 19.8 Å². The van der Waals surface area contributed by atoms with Crippen LogP contribution in [0.25, 0.3) is 0 Å². The van der Waals surface area contributed by atoms with E-state index in [1.807, 2.05) is 6.92 Å². The predicted molar refractivity (Wildman–Crippen MR) is 69.5 cm³/mol. The highest BCUT2D eigenvalue weighted by Gasteiger charge is 2.20. The molecular weight excluding hydrogens is 252 g/mol. The molecule has 4 N–H and O–H groups in total. The van der Waals surface area contributed by atoms with Gasteiger partial charge in [0.1, 0.15) is 6.33 Å². The SMILES string of the molecule is CCCNC(=O)CCNc1ncnc(N)c1[N+](=O)[O-]. The van der Waals surface area contributed by atoms with Crippen molar-refractivity contribution >= 4 is 23.2 Å². The van der Waals surface area contributed by atoms with Gasteiger partial charge in [-0.05, 0) is 6.42 Å². The summed E-state index contributed by atoms with van der Waals surface area (Å²) in [5, 5.41) is 16.2. The van der Waals surface area contributed by atoms with E-state index in [-0.39, 0.29) is 36.2 Å². The Labute approximate surface area is 109 Å². The van der Waals surface area contributed by atoms with Crippen LogP contribution in [0, 0.1) is 10.1 Å². The topological polar surface area (TPSA) is 136 Å². The molecule has 0 aliphatic heterocycles. The first kappa shape index (κ1) is 14.6. The van der Waals surface area contributed by atoms with Crippen LogP contribution in [0.5, 0.6) is 0 Å². The van der Waals surface area contributed by atoms with Gasteiger partial charge in [-0.15, -0.1) is 0 Å². The van der Waals surface area contributed by atoms with Crippen molar-refractivity contribution in [3.8, 4) is 0 Å². The van der Waals surface area contributed by atoms with Crippen LogP contribution >= 0.6 is 0 Å². The van der Waals surface area contributed by atoms with Gasteiger partial charge < -0.3 is 16.4 Å². The second-order valence-electron chi connectivity index (χ2n) is 3.74. The van der Waals surface area contributed by atoms with Gasteiger partial charge in [0.2, 0.25) is 17.5 Å². The standard InChI is InChI=1S/C10H16N6O3/c1-2-4-12-7(17)3-5-13-10-8(16(18)19)9(11)14-6-15-10/h6H,2-5H2,1H3,(H,12,17)(H3,11,13,14,15). The molecule has 0 spiro atoms. The number of rotatable bonds is 7. The van der Waals surface area contributed by atoms with Crippen LogP contribution in [-0.4, -0.2) is 33.9 Å². The van der Waals surface area contributed by atoms with Gasteiger partial charge in [0.15, 0.2) is 0 Å². The largest absolute Gasteiger partial charge is 0.378 e. The molecule has 19 heavy (non-hydrogen) atoms. The Hall–Kier alpha value is -2.45. The lowest BCUT2D eigenvalue weighted by atomic mass is 10.3. The second-order valence-corrected chi connectivity index (χ2v) is 3.74. The Bertz CT molecular complexity index is 465. The summed E-state index contributed by atoms with van der Waals surface area (Å²) >= 11 is 0. The normalized spacial score (nSPS) is 9.95. The summed E-state index contributed by atoms with van der Waals surface area (Å²) in [6, 6.07) is 0. The summed E-state index contributed by atoms with van der Waals surface area (Å²) in [4.78, 5) is 28.8.